The molecular weight excluding hydrogens is 212 g/mol. The second-order valence-corrected chi connectivity index (χ2v) is 3.89. The van der Waals surface area contributed by atoms with Crippen LogP contribution in [0.15, 0.2) is 12.3 Å². The Morgan fingerprint density at radius 3 is 2.87 bits per heavy atom. The predicted octanol–water partition coefficient (Wildman–Crippen LogP) is 3.11. The molecule has 0 N–H and O–H groups in total. The summed E-state index contributed by atoms with van der Waals surface area (Å²) >= 11 is 5.61. The van der Waals surface area contributed by atoms with E-state index in [0.29, 0.717) is 11.9 Å². The van der Waals surface area contributed by atoms with Crippen LogP contribution in [0, 0.1) is 0 Å². The van der Waals surface area contributed by atoms with Gasteiger partial charge < -0.3 is 4.74 Å². The van der Waals surface area contributed by atoms with Crippen LogP contribution < -0.4 is 4.74 Å². The number of ether oxygens (including phenoxy) is 1. The first kappa shape index (κ1) is 12.1. The Morgan fingerprint density at radius 2 is 2.33 bits per heavy atom. The molecule has 1 aromatic rings. The highest BCUT2D eigenvalue weighted by Gasteiger charge is 2.10. The van der Waals surface area contributed by atoms with Crippen LogP contribution in [0.2, 0.25) is 0 Å². The molecule has 1 aromatic heterocycles. The van der Waals surface area contributed by atoms with E-state index in [1.54, 1.807) is 13.3 Å². The summed E-state index contributed by atoms with van der Waals surface area (Å²) in [6.07, 6.45) is 6.63. The third-order valence-corrected chi connectivity index (χ3v) is 2.28. The highest BCUT2D eigenvalue weighted by Crippen LogP contribution is 2.22. The molecule has 0 aromatic carbocycles. The molecule has 0 bridgehead atoms. The molecule has 0 aliphatic heterocycles. The Hall–Kier alpha value is -0.960. The maximum absolute atomic E-state index is 5.61. The Labute approximate surface area is 95.7 Å². The van der Waals surface area contributed by atoms with E-state index < -0.39 is 0 Å². The van der Waals surface area contributed by atoms with Crippen molar-refractivity contribution in [1.82, 2.24) is 9.78 Å². The van der Waals surface area contributed by atoms with Crippen LogP contribution in [-0.2, 0) is 0 Å². The van der Waals surface area contributed by atoms with Gasteiger partial charge in [0.15, 0.2) is 5.75 Å². The molecule has 0 saturated heterocycles. The quantitative estimate of drug-likeness (QED) is 0.725. The number of alkyl halides is 1. The van der Waals surface area contributed by atoms with Crippen LogP contribution in [0.1, 0.15) is 32.0 Å². The molecule has 0 amide bonds. The molecular formula is C11H17ClN2O. The van der Waals surface area contributed by atoms with E-state index in [4.69, 9.17) is 16.3 Å². The van der Waals surface area contributed by atoms with Gasteiger partial charge in [0.05, 0.1) is 13.3 Å². The van der Waals surface area contributed by atoms with Gasteiger partial charge in [0.25, 0.3) is 0 Å². The second kappa shape index (κ2) is 5.81. The predicted molar refractivity (Wildman–Crippen MR) is 63.5 cm³/mol. The van der Waals surface area contributed by atoms with Crippen molar-refractivity contribution in [1.29, 1.82) is 0 Å². The van der Waals surface area contributed by atoms with Crippen LogP contribution >= 0.6 is 11.6 Å². The number of rotatable bonds is 5. The molecule has 0 unspecified atom stereocenters. The lowest BCUT2D eigenvalue weighted by atomic mass is 10.3. The third kappa shape index (κ3) is 2.99. The van der Waals surface area contributed by atoms with Gasteiger partial charge in [-0.3, -0.25) is 4.68 Å². The van der Waals surface area contributed by atoms with Crippen molar-refractivity contribution in [3.05, 3.63) is 18.0 Å². The summed E-state index contributed by atoms with van der Waals surface area (Å²) in [6.45, 7) is 4.18. The standard InChI is InChI=1S/C11H17ClN2O/c1-9(2)14-10(6-4-5-7-12)11(15-3)8-13-14/h4,6,8-9H,5,7H2,1-3H3/b6-4+. The van der Waals surface area contributed by atoms with Crippen molar-refractivity contribution < 1.29 is 4.74 Å². The zero-order chi connectivity index (χ0) is 11.3. The zero-order valence-electron chi connectivity index (χ0n) is 9.40. The van der Waals surface area contributed by atoms with Crippen molar-refractivity contribution in [3.63, 3.8) is 0 Å². The molecule has 15 heavy (non-hydrogen) atoms. The van der Waals surface area contributed by atoms with Crippen molar-refractivity contribution in [2.75, 3.05) is 13.0 Å². The maximum Gasteiger partial charge on any atom is 0.164 e. The maximum atomic E-state index is 5.61. The molecule has 84 valence electrons. The van der Waals surface area contributed by atoms with Crippen LogP contribution in [0.25, 0.3) is 6.08 Å². The molecule has 0 radical (unpaired) electrons. The molecule has 3 nitrogen and oxygen atoms in total. The number of aromatic nitrogens is 2. The monoisotopic (exact) mass is 228 g/mol. The first-order valence-corrected chi connectivity index (χ1v) is 5.58. The van der Waals surface area contributed by atoms with E-state index in [1.165, 1.54) is 0 Å². The number of halogens is 1. The smallest absolute Gasteiger partial charge is 0.164 e. The van der Waals surface area contributed by atoms with E-state index in [1.807, 2.05) is 16.8 Å². The average Bonchev–Trinajstić information content (AvgIpc) is 2.61. The van der Waals surface area contributed by atoms with E-state index in [0.717, 1.165) is 17.9 Å². The van der Waals surface area contributed by atoms with Crippen molar-refractivity contribution in [3.8, 4) is 5.75 Å². The molecule has 4 heteroatoms. The lowest BCUT2D eigenvalue weighted by Gasteiger charge is -2.08. The minimum absolute atomic E-state index is 0.324. The van der Waals surface area contributed by atoms with E-state index in [9.17, 15) is 0 Å². The first-order valence-electron chi connectivity index (χ1n) is 5.04. The van der Waals surface area contributed by atoms with Gasteiger partial charge in [0.2, 0.25) is 0 Å². The topological polar surface area (TPSA) is 27.1 Å². The second-order valence-electron chi connectivity index (χ2n) is 3.52. The van der Waals surface area contributed by atoms with Gasteiger partial charge in [-0.2, -0.15) is 5.10 Å². The lowest BCUT2D eigenvalue weighted by molar-refractivity contribution is 0.411. The van der Waals surface area contributed by atoms with Crippen molar-refractivity contribution >= 4 is 17.7 Å². The molecule has 0 aliphatic rings. The Kier molecular flexibility index (Phi) is 4.69. The fraction of sp³-hybridized carbons (Fsp3) is 0.545. The van der Waals surface area contributed by atoms with Gasteiger partial charge in [0.1, 0.15) is 5.69 Å². The summed E-state index contributed by atoms with van der Waals surface area (Å²) < 4.78 is 7.17. The third-order valence-electron chi connectivity index (χ3n) is 2.06. The first-order chi connectivity index (χ1) is 7.20. The average molecular weight is 229 g/mol. The van der Waals surface area contributed by atoms with Gasteiger partial charge in [-0.25, -0.2) is 0 Å². The van der Waals surface area contributed by atoms with E-state index in [-0.39, 0.29) is 0 Å². The Bertz CT molecular complexity index is 331. The van der Waals surface area contributed by atoms with E-state index >= 15 is 0 Å². The molecule has 0 aliphatic carbocycles. The summed E-state index contributed by atoms with van der Waals surface area (Å²) in [4.78, 5) is 0. The number of hydrogen-bond donors (Lipinski definition) is 0. The summed E-state index contributed by atoms with van der Waals surface area (Å²) in [5, 5.41) is 4.27. The van der Waals surface area contributed by atoms with Crippen LogP contribution in [0.4, 0.5) is 0 Å². The lowest BCUT2D eigenvalue weighted by Crippen LogP contribution is -2.04. The van der Waals surface area contributed by atoms with Gasteiger partial charge in [-0.1, -0.05) is 6.08 Å². The zero-order valence-corrected chi connectivity index (χ0v) is 10.2. The minimum Gasteiger partial charge on any atom is -0.493 e. The van der Waals surface area contributed by atoms with Crippen molar-refractivity contribution in [2.24, 2.45) is 0 Å². The van der Waals surface area contributed by atoms with Crippen LogP contribution in [-0.4, -0.2) is 22.8 Å². The molecule has 0 spiro atoms. The fourth-order valence-electron chi connectivity index (χ4n) is 1.34. The fourth-order valence-corrected chi connectivity index (χ4v) is 1.47. The Morgan fingerprint density at radius 1 is 1.60 bits per heavy atom. The van der Waals surface area contributed by atoms with Gasteiger partial charge in [-0.15, -0.1) is 11.6 Å². The van der Waals surface area contributed by atoms with Gasteiger partial charge >= 0.3 is 0 Å². The molecule has 1 heterocycles. The van der Waals surface area contributed by atoms with Gasteiger partial charge in [0, 0.05) is 11.9 Å². The number of nitrogens with zero attached hydrogens (tertiary/aromatic N) is 2. The molecule has 0 atom stereocenters. The SMILES string of the molecule is COc1cnn(C(C)C)c1/C=C/CCCl. The number of allylic oxidation sites excluding steroid dienone is 1. The van der Waals surface area contributed by atoms with E-state index in [2.05, 4.69) is 18.9 Å². The number of hydrogen-bond acceptors (Lipinski definition) is 2. The minimum atomic E-state index is 0.324. The van der Waals surface area contributed by atoms with Crippen LogP contribution in [0.5, 0.6) is 5.75 Å². The summed E-state index contributed by atoms with van der Waals surface area (Å²) in [6, 6.07) is 0.324. The summed E-state index contributed by atoms with van der Waals surface area (Å²) in [7, 11) is 1.65. The largest absolute Gasteiger partial charge is 0.493 e. The van der Waals surface area contributed by atoms with Crippen molar-refractivity contribution in [2.45, 2.75) is 26.3 Å². The Balaban J connectivity index is 2.94. The molecule has 0 fully saturated rings. The normalized spacial score (nSPS) is 11.5. The highest BCUT2D eigenvalue weighted by molar-refractivity contribution is 6.17. The molecule has 1 rings (SSSR count). The van der Waals surface area contributed by atoms with Gasteiger partial charge in [-0.05, 0) is 26.3 Å². The molecule has 0 saturated carbocycles. The summed E-state index contributed by atoms with van der Waals surface area (Å²) in [5.41, 5.74) is 0.998. The highest BCUT2D eigenvalue weighted by atomic mass is 35.5. The van der Waals surface area contributed by atoms with Crippen LogP contribution in [0.3, 0.4) is 0 Å². The summed E-state index contributed by atoms with van der Waals surface area (Å²) in [5.74, 6) is 1.43. The number of methoxy groups -OCH3 is 1.